The minimum absolute atomic E-state index is 0.0222. The van der Waals surface area contributed by atoms with Crippen molar-refractivity contribution >= 4 is 0 Å². The molecule has 3 nitrogen and oxygen atoms in total. The van der Waals surface area contributed by atoms with Crippen molar-refractivity contribution in [1.82, 2.24) is 0 Å². The average Bonchev–Trinajstić information content (AvgIpc) is 2.96. The maximum atomic E-state index is 13.8. The van der Waals surface area contributed by atoms with Crippen molar-refractivity contribution in [2.45, 2.75) is 97.6 Å². The predicted octanol–water partition coefficient (Wildman–Crippen LogP) is 5.51. The third-order valence-electron chi connectivity index (χ3n) is 9.53. The van der Waals surface area contributed by atoms with Crippen molar-refractivity contribution in [3.63, 3.8) is 0 Å². The molecule has 4 fully saturated rings. The fourth-order valence-corrected chi connectivity index (χ4v) is 8.24. The van der Waals surface area contributed by atoms with Gasteiger partial charge in [0.2, 0.25) is 0 Å². The van der Waals surface area contributed by atoms with Crippen LogP contribution in [0.3, 0.4) is 0 Å². The molecule has 4 unspecified atom stereocenters. The summed E-state index contributed by atoms with van der Waals surface area (Å²) < 4.78 is 33.8. The molecule has 0 amide bonds. The van der Waals surface area contributed by atoms with E-state index in [2.05, 4.69) is 20.8 Å². The zero-order valence-electron chi connectivity index (χ0n) is 18.5. The molecule has 0 radical (unpaired) electrons. The quantitative estimate of drug-likeness (QED) is 0.588. The van der Waals surface area contributed by atoms with Gasteiger partial charge in [-0.25, -0.2) is 0 Å². The van der Waals surface area contributed by atoms with E-state index in [-0.39, 0.29) is 35.4 Å². The Hall–Kier alpha value is -0.520. The van der Waals surface area contributed by atoms with Gasteiger partial charge in [-0.05, 0) is 99.2 Å². The average molecular weight is 413 g/mol. The fraction of sp³-hybridized carbons (Fsp3) is 0.917. The lowest BCUT2D eigenvalue weighted by Crippen LogP contribution is -2.62. The molecule has 0 heterocycles. The Balaban J connectivity index is 1.76. The van der Waals surface area contributed by atoms with Crippen LogP contribution in [0.25, 0.3) is 0 Å². The van der Waals surface area contributed by atoms with Crippen LogP contribution in [0.1, 0.15) is 79.6 Å². The van der Waals surface area contributed by atoms with E-state index >= 15 is 0 Å². The molecule has 0 spiro atoms. The highest BCUT2D eigenvalue weighted by molar-refractivity contribution is 5.25. The summed E-state index contributed by atoms with van der Waals surface area (Å²) >= 11 is 0. The minimum atomic E-state index is -1.47. The molecule has 4 aliphatic rings. The zero-order valence-corrected chi connectivity index (χ0v) is 18.5. The highest BCUT2D eigenvalue weighted by Gasteiger charge is 2.64. The number of hydrogen-bond acceptors (Lipinski definition) is 3. The lowest BCUT2D eigenvalue weighted by atomic mass is 9.42. The van der Waals surface area contributed by atoms with Crippen LogP contribution in [0.15, 0.2) is 11.7 Å². The molecule has 5 heteroatoms. The molecule has 0 aromatic rings. The van der Waals surface area contributed by atoms with Gasteiger partial charge in [0.15, 0.2) is 5.79 Å². The van der Waals surface area contributed by atoms with Crippen LogP contribution in [0.4, 0.5) is 8.78 Å². The third-order valence-corrected chi connectivity index (χ3v) is 9.53. The molecular weight excluding hydrogens is 374 g/mol. The standard InChI is InChI=1S/C24H38F2O3/c1-13-19-15-6-7-17(21(25)26)23(15,4)11-9-16(19)24(5)10-8-14(27)12-18(24)20(13)29-22(2,3)28/h13-16,18-20,27-28H,6-12H2,1-5H3/t13-,14+,15?,16?,18?,19?,20+,23+,24-/m1/s1. The van der Waals surface area contributed by atoms with Gasteiger partial charge in [-0.2, -0.15) is 8.78 Å². The maximum Gasteiger partial charge on any atom is 0.270 e. The van der Waals surface area contributed by atoms with Crippen LogP contribution in [0, 0.1) is 40.4 Å². The maximum absolute atomic E-state index is 13.8. The monoisotopic (exact) mass is 412 g/mol. The summed E-state index contributed by atoms with van der Waals surface area (Å²) in [7, 11) is 0. The van der Waals surface area contributed by atoms with E-state index in [9.17, 15) is 19.0 Å². The van der Waals surface area contributed by atoms with Crippen LogP contribution < -0.4 is 0 Å². The first-order valence-corrected chi connectivity index (χ1v) is 11.5. The molecule has 29 heavy (non-hydrogen) atoms. The number of ether oxygens (including phenoxy) is 1. The Morgan fingerprint density at radius 2 is 1.76 bits per heavy atom. The third kappa shape index (κ3) is 3.30. The number of allylic oxidation sites excluding steroid dienone is 1. The van der Waals surface area contributed by atoms with Gasteiger partial charge in [-0.15, -0.1) is 0 Å². The molecular formula is C24H38F2O3. The van der Waals surface area contributed by atoms with E-state index in [0.717, 1.165) is 32.1 Å². The van der Waals surface area contributed by atoms with Gasteiger partial charge >= 0.3 is 0 Å². The summed E-state index contributed by atoms with van der Waals surface area (Å²) in [5.74, 6) is 0.129. The van der Waals surface area contributed by atoms with Gasteiger partial charge in [0.25, 0.3) is 6.08 Å². The number of rotatable bonds is 2. The van der Waals surface area contributed by atoms with Crippen molar-refractivity contribution in [3.8, 4) is 0 Å². The first-order chi connectivity index (χ1) is 13.4. The summed E-state index contributed by atoms with van der Waals surface area (Å²) in [6, 6.07) is 0. The second-order valence-electron chi connectivity index (χ2n) is 11.5. The lowest BCUT2D eigenvalue weighted by molar-refractivity contribution is -0.280. The van der Waals surface area contributed by atoms with Gasteiger partial charge in [-0.1, -0.05) is 20.8 Å². The first-order valence-electron chi connectivity index (χ1n) is 11.5. The Morgan fingerprint density at radius 3 is 2.38 bits per heavy atom. The predicted molar refractivity (Wildman–Crippen MR) is 108 cm³/mol. The molecule has 4 saturated carbocycles. The fourth-order valence-electron chi connectivity index (χ4n) is 8.24. The molecule has 4 rings (SSSR count). The van der Waals surface area contributed by atoms with Crippen LogP contribution in [-0.4, -0.2) is 28.2 Å². The van der Waals surface area contributed by atoms with E-state index in [1.54, 1.807) is 13.8 Å². The smallest absolute Gasteiger partial charge is 0.270 e. The summed E-state index contributed by atoms with van der Waals surface area (Å²) in [5.41, 5.74) is -0.00120. The minimum Gasteiger partial charge on any atom is -0.393 e. The number of aliphatic hydroxyl groups is 2. The highest BCUT2D eigenvalue weighted by Crippen LogP contribution is 2.69. The van der Waals surface area contributed by atoms with Gasteiger partial charge in [0.1, 0.15) is 0 Å². The largest absolute Gasteiger partial charge is 0.393 e. The van der Waals surface area contributed by atoms with Crippen molar-refractivity contribution in [3.05, 3.63) is 11.7 Å². The van der Waals surface area contributed by atoms with E-state index in [4.69, 9.17) is 4.74 Å². The van der Waals surface area contributed by atoms with Gasteiger partial charge in [-0.3, -0.25) is 0 Å². The summed E-state index contributed by atoms with van der Waals surface area (Å²) in [5, 5.41) is 20.9. The normalized spacial score (nSPS) is 50.0. The molecule has 0 aromatic heterocycles. The molecule has 9 atom stereocenters. The van der Waals surface area contributed by atoms with E-state index < -0.39 is 17.3 Å². The number of halogens is 2. The zero-order chi connectivity index (χ0) is 21.4. The van der Waals surface area contributed by atoms with Crippen LogP contribution >= 0.6 is 0 Å². The van der Waals surface area contributed by atoms with Gasteiger partial charge in [0, 0.05) is 5.57 Å². The van der Waals surface area contributed by atoms with E-state index in [1.807, 2.05) is 0 Å². The van der Waals surface area contributed by atoms with Gasteiger partial charge in [0.05, 0.1) is 12.2 Å². The highest BCUT2D eigenvalue weighted by atomic mass is 19.3. The van der Waals surface area contributed by atoms with E-state index in [1.165, 1.54) is 0 Å². The Bertz CT molecular complexity index is 682. The van der Waals surface area contributed by atoms with Crippen LogP contribution in [-0.2, 0) is 4.74 Å². The second-order valence-corrected chi connectivity index (χ2v) is 11.5. The summed E-state index contributed by atoms with van der Waals surface area (Å²) in [6.07, 6.45) is 3.64. The molecule has 0 aliphatic heterocycles. The molecule has 166 valence electrons. The Morgan fingerprint density at radius 1 is 1.07 bits per heavy atom. The summed E-state index contributed by atoms with van der Waals surface area (Å²) in [6.45, 7) is 9.95. The molecule has 2 N–H and O–H groups in total. The molecule has 0 bridgehead atoms. The van der Waals surface area contributed by atoms with Crippen LogP contribution in [0.2, 0.25) is 0 Å². The van der Waals surface area contributed by atoms with Crippen molar-refractivity contribution in [1.29, 1.82) is 0 Å². The van der Waals surface area contributed by atoms with Crippen molar-refractivity contribution in [2.75, 3.05) is 0 Å². The SMILES string of the molecule is C[C@@H]1C2C(CC[C@]3(C)C(=C(F)F)CCC23)[C@@]2(C)CC[C@H](O)CC2[C@H]1OC(C)(C)O. The number of aliphatic hydroxyl groups excluding tert-OH is 1. The van der Waals surface area contributed by atoms with E-state index in [0.29, 0.717) is 30.3 Å². The molecule has 4 aliphatic carbocycles. The topological polar surface area (TPSA) is 49.7 Å². The summed E-state index contributed by atoms with van der Waals surface area (Å²) in [4.78, 5) is 0. The lowest BCUT2D eigenvalue weighted by Gasteiger charge is -2.64. The molecule has 0 saturated heterocycles. The van der Waals surface area contributed by atoms with Gasteiger partial charge < -0.3 is 14.9 Å². The first kappa shape index (κ1) is 21.7. The van der Waals surface area contributed by atoms with Crippen molar-refractivity contribution < 1.29 is 23.7 Å². The second kappa shape index (κ2) is 7.00. The Kier molecular flexibility index (Phi) is 5.24. The van der Waals surface area contributed by atoms with Crippen molar-refractivity contribution in [2.24, 2.45) is 40.4 Å². The number of fused-ring (bicyclic) bond motifs is 5. The Labute approximate surface area is 173 Å². The van der Waals surface area contributed by atoms with Crippen LogP contribution in [0.5, 0.6) is 0 Å². The number of hydrogen-bond donors (Lipinski definition) is 2. The molecule has 0 aromatic carbocycles.